The lowest BCUT2D eigenvalue weighted by Gasteiger charge is -2.20. The Kier molecular flexibility index (Phi) is 4.14. The third-order valence-corrected chi connectivity index (χ3v) is 4.38. The molecule has 2 aromatic rings. The maximum atomic E-state index is 12.9. The molecule has 1 heterocycles. The van der Waals surface area contributed by atoms with Crippen molar-refractivity contribution in [2.24, 2.45) is 0 Å². The predicted octanol–water partition coefficient (Wildman–Crippen LogP) is 3.34. The molecule has 1 atom stereocenters. The molecule has 4 nitrogen and oxygen atoms in total. The van der Waals surface area contributed by atoms with Crippen LogP contribution in [0.4, 0.5) is 5.69 Å². The number of hydrogen-bond acceptors (Lipinski definition) is 2. The number of fused-ring (bicyclic) bond motifs is 1. The first kappa shape index (κ1) is 16.2. The van der Waals surface area contributed by atoms with Crippen molar-refractivity contribution in [3.05, 3.63) is 64.2 Å². The summed E-state index contributed by atoms with van der Waals surface area (Å²) >= 11 is 0. The molecule has 0 spiro atoms. The minimum Gasteiger partial charge on any atom is -0.341 e. The van der Waals surface area contributed by atoms with Gasteiger partial charge in [0, 0.05) is 12.5 Å². The molecule has 4 heteroatoms. The number of carbonyl (C=O) groups is 2. The van der Waals surface area contributed by atoms with Gasteiger partial charge in [-0.15, -0.1) is 0 Å². The minimum absolute atomic E-state index is 0.0746. The van der Waals surface area contributed by atoms with Crippen molar-refractivity contribution in [3.8, 4) is 0 Å². The van der Waals surface area contributed by atoms with Crippen LogP contribution in [0.3, 0.4) is 0 Å². The second-order valence-corrected chi connectivity index (χ2v) is 6.56. The summed E-state index contributed by atoms with van der Waals surface area (Å²) in [4.78, 5) is 26.3. The number of anilines is 1. The molecule has 0 saturated carbocycles. The number of benzene rings is 2. The van der Waals surface area contributed by atoms with Crippen LogP contribution in [0.15, 0.2) is 36.4 Å². The van der Waals surface area contributed by atoms with Gasteiger partial charge in [-0.2, -0.15) is 0 Å². The zero-order valence-corrected chi connectivity index (χ0v) is 14.5. The van der Waals surface area contributed by atoms with Crippen LogP contribution in [0, 0.1) is 20.8 Å². The molecule has 0 saturated heterocycles. The van der Waals surface area contributed by atoms with E-state index in [9.17, 15) is 9.59 Å². The van der Waals surface area contributed by atoms with Crippen molar-refractivity contribution in [1.82, 2.24) is 5.32 Å². The van der Waals surface area contributed by atoms with Crippen LogP contribution in [0.2, 0.25) is 0 Å². The van der Waals surface area contributed by atoms with Crippen LogP contribution >= 0.6 is 0 Å². The zero-order valence-electron chi connectivity index (χ0n) is 14.5. The van der Waals surface area contributed by atoms with Gasteiger partial charge in [-0.1, -0.05) is 47.5 Å². The molecule has 1 aliphatic heterocycles. The number of aryl methyl sites for hydroxylation is 3. The van der Waals surface area contributed by atoms with Crippen LogP contribution in [0.25, 0.3) is 0 Å². The van der Waals surface area contributed by atoms with Crippen molar-refractivity contribution in [2.75, 3.05) is 4.90 Å². The van der Waals surface area contributed by atoms with E-state index >= 15 is 0 Å². The van der Waals surface area contributed by atoms with Crippen LogP contribution in [-0.4, -0.2) is 11.8 Å². The third-order valence-electron chi connectivity index (χ3n) is 4.38. The van der Waals surface area contributed by atoms with E-state index in [0.29, 0.717) is 6.54 Å². The van der Waals surface area contributed by atoms with Crippen LogP contribution in [0.5, 0.6) is 0 Å². The SMILES string of the molecule is CC(=O)N[C@@H]1C(=O)N(Cc2ccc(C)cc2)c2c(C)cc(C)cc21. The number of nitrogens with one attached hydrogen (secondary N) is 1. The Bertz CT molecular complexity index is 809. The quantitative estimate of drug-likeness (QED) is 0.942. The molecule has 1 N–H and O–H groups in total. The van der Waals surface area contributed by atoms with Gasteiger partial charge in [0.15, 0.2) is 0 Å². The van der Waals surface area contributed by atoms with Crippen molar-refractivity contribution in [3.63, 3.8) is 0 Å². The molecule has 3 rings (SSSR count). The maximum Gasteiger partial charge on any atom is 0.254 e. The topological polar surface area (TPSA) is 49.4 Å². The maximum absolute atomic E-state index is 12.9. The second-order valence-electron chi connectivity index (χ2n) is 6.56. The summed E-state index contributed by atoms with van der Waals surface area (Å²) in [5, 5.41) is 2.80. The molecule has 0 radical (unpaired) electrons. The fourth-order valence-corrected chi connectivity index (χ4v) is 3.36. The highest BCUT2D eigenvalue weighted by molar-refractivity contribution is 6.06. The highest BCUT2D eigenvalue weighted by Gasteiger charge is 2.38. The molecule has 0 aliphatic carbocycles. The Labute approximate surface area is 142 Å². The molecule has 0 bridgehead atoms. The smallest absolute Gasteiger partial charge is 0.254 e. The number of nitrogens with zero attached hydrogens (tertiary/aromatic N) is 1. The molecule has 24 heavy (non-hydrogen) atoms. The van der Waals surface area contributed by atoms with E-state index in [1.54, 1.807) is 4.90 Å². The lowest BCUT2D eigenvalue weighted by Crippen LogP contribution is -2.36. The van der Waals surface area contributed by atoms with E-state index in [1.165, 1.54) is 12.5 Å². The summed E-state index contributed by atoms with van der Waals surface area (Å²) in [7, 11) is 0. The van der Waals surface area contributed by atoms with E-state index in [2.05, 4.69) is 11.4 Å². The Morgan fingerprint density at radius 2 is 1.75 bits per heavy atom. The van der Waals surface area contributed by atoms with E-state index in [1.807, 2.05) is 51.1 Å². The average molecular weight is 322 g/mol. The van der Waals surface area contributed by atoms with Crippen molar-refractivity contribution < 1.29 is 9.59 Å². The van der Waals surface area contributed by atoms with Crippen molar-refractivity contribution in [2.45, 2.75) is 40.3 Å². The lowest BCUT2D eigenvalue weighted by atomic mass is 10.0. The summed E-state index contributed by atoms with van der Waals surface area (Å²) < 4.78 is 0. The Hall–Kier alpha value is -2.62. The van der Waals surface area contributed by atoms with Gasteiger partial charge in [0.2, 0.25) is 5.91 Å². The molecule has 124 valence electrons. The number of carbonyl (C=O) groups excluding carboxylic acids is 2. The molecule has 1 aliphatic rings. The normalized spacial score (nSPS) is 16.2. The van der Waals surface area contributed by atoms with Gasteiger partial charge in [-0.3, -0.25) is 9.59 Å². The number of rotatable bonds is 3. The summed E-state index contributed by atoms with van der Waals surface area (Å²) in [6.45, 7) is 8.01. The first-order chi connectivity index (χ1) is 11.4. The standard InChI is InChI=1S/C20H22N2O2/c1-12-5-7-16(8-6-12)11-22-19-14(3)9-13(2)10-17(19)18(20(22)24)21-15(4)23/h5-10,18H,11H2,1-4H3,(H,21,23)/t18-/m0/s1. The van der Waals surface area contributed by atoms with Gasteiger partial charge in [0.25, 0.3) is 5.91 Å². The van der Waals surface area contributed by atoms with Crippen molar-refractivity contribution in [1.29, 1.82) is 0 Å². The van der Waals surface area contributed by atoms with Crippen LogP contribution < -0.4 is 10.2 Å². The Morgan fingerprint density at radius 3 is 2.38 bits per heavy atom. The predicted molar refractivity (Wildman–Crippen MR) is 94.8 cm³/mol. The molecule has 0 fully saturated rings. The monoisotopic (exact) mass is 322 g/mol. The van der Waals surface area contributed by atoms with Gasteiger partial charge in [0.05, 0.1) is 12.2 Å². The lowest BCUT2D eigenvalue weighted by molar-refractivity contribution is -0.126. The van der Waals surface area contributed by atoms with Crippen molar-refractivity contribution >= 4 is 17.5 Å². The minimum atomic E-state index is -0.596. The van der Waals surface area contributed by atoms with Gasteiger partial charge < -0.3 is 10.2 Å². The fraction of sp³-hybridized carbons (Fsp3) is 0.300. The molecule has 0 aromatic heterocycles. The van der Waals surface area contributed by atoms with Gasteiger partial charge in [-0.25, -0.2) is 0 Å². The van der Waals surface area contributed by atoms with E-state index in [0.717, 1.165) is 27.9 Å². The highest BCUT2D eigenvalue weighted by atomic mass is 16.2. The summed E-state index contributed by atoms with van der Waals surface area (Å²) in [6.07, 6.45) is 0. The molecule has 0 unspecified atom stereocenters. The van der Waals surface area contributed by atoms with Crippen LogP contribution in [-0.2, 0) is 16.1 Å². The molecule has 2 amide bonds. The van der Waals surface area contributed by atoms with E-state index in [4.69, 9.17) is 0 Å². The second kappa shape index (κ2) is 6.11. The molecular weight excluding hydrogens is 300 g/mol. The summed E-state index contributed by atoms with van der Waals surface area (Å²) in [5.41, 5.74) is 6.22. The third kappa shape index (κ3) is 2.92. The van der Waals surface area contributed by atoms with E-state index < -0.39 is 6.04 Å². The largest absolute Gasteiger partial charge is 0.341 e. The summed E-state index contributed by atoms with van der Waals surface area (Å²) in [6, 6.07) is 11.6. The van der Waals surface area contributed by atoms with Crippen LogP contribution in [0.1, 0.15) is 40.8 Å². The van der Waals surface area contributed by atoms with Gasteiger partial charge in [0.1, 0.15) is 6.04 Å². The number of hydrogen-bond donors (Lipinski definition) is 1. The van der Waals surface area contributed by atoms with Gasteiger partial charge in [-0.05, 0) is 31.9 Å². The molecule has 2 aromatic carbocycles. The fourth-order valence-electron chi connectivity index (χ4n) is 3.36. The van der Waals surface area contributed by atoms with E-state index in [-0.39, 0.29) is 11.8 Å². The highest BCUT2D eigenvalue weighted by Crippen LogP contribution is 2.40. The summed E-state index contributed by atoms with van der Waals surface area (Å²) in [5.74, 6) is -0.273. The molecular formula is C20H22N2O2. The first-order valence-corrected chi connectivity index (χ1v) is 8.12. The average Bonchev–Trinajstić information content (AvgIpc) is 2.75. The first-order valence-electron chi connectivity index (χ1n) is 8.12. The Morgan fingerprint density at radius 1 is 1.08 bits per heavy atom. The van der Waals surface area contributed by atoms with Gasteiger partial charge >= 0.3 is 0 Å². The number of amides is 2. The zero-order chi connectivity index (χ0) is 17.4. The Balaban J connectivity index is 2.03.